The topological polar surface area (TPSA) is 74.7 Å². The lowest BCUT2D eigenvalue weighted by atomic mass is 10.2. The van der Waals surface area contributed by atoms with Crippen molar-refractivity contribution in [3.05, 3.63) is 11.8 Å². The zero-order valence-electron chi connectivity index (χ0n) is 12.2. The molecule has 0 aliphatic carbocycles. The second-order valence-electron chi connectivity index (χ2n) is 5.28. The number of aromatic nitrogens is 5. The SMILES string of the molecule is CCc1cc(-c2nc(N3CCN[C@H](C)C3)n[nH]2)n(C)n1. The van der Waals surface area contributed by atoms with Crippen molar-refractivity contribution in [3.63, 3.8) is 0 Å². The highest BCUT2D eigenvalue weighted by Gasteiger charge is 2.20. The number of aryl methyl sites for hydroxylation is 2. The zero-order valence-corrected chi connectivity index (χ0v) is 12.2. The Morgan fingerprint density at radius 1 is 1.45 bits per heavy atom. The minimum Gasteiger partial charge on any atom is -0.337 e. The molecule has 2 aromatic rings. The van der Waals surface area contributed by atoms with Crippen LogP contribution in [-0.4, -0.2) is 50.6 Å². The summed E-state index contributed by atoms with van der Waals surface area (Å²) in [6.45, 7) is 7.11. The third-order valence-electron chi connectivity index (χ3n) is 3.66. The first-order chi connectivity index (χ1) is 9.67. The number of nitrogens with one attached hydrogen (secondary N) is 2. The molecule has 0 amide bonds. The van der Waals surface area contributed by atoms with E-state index in [4.69, 9.17) is 0 Å². The van der Waals surface area contributed by atoms with Crippen LogP contribution in [0.4, 0.5) is 5.95 Å². The van der Waals surface area contributed by atoms with Crippen LogP contribution in [0.5, 0.6) is 0 Å². The van der Waals surface area contributed by atoms with Crippen LogP contribution in [0.3, 0.4) is 0 Å². The van der Waals surface area contributed by atoms with Gasteiger partial charge in [-0.3, -0.25) is 9.78 Å². The van der Waals surface area contributed by atoms with Gasteiger partial charge in [-0.1, -0.05) is 6.92 Å². The van der Waals surface area contributed by atoms with Gasteiger partial charge in [0.05, 0.1) is 5.69 Å². The van der Waals surface area contributed by atoms with Crippen molar-refractivity contribution < 1.29 is 0 Å². The third-order valence-corrected chi connectivity index (χ3v) is 3.66. The van der Waals surface area contributed by atoms with Crippen molar-refractivity contribution in [2.45, 2.75) is 26.3 Å². The van der Waals surface area contributed by atoms with Gasteiger partial charge in [0.1, 0.15) is 5.69 Å². The van der Waals surface area contributed by atoms with Gasteiger partial charge in [-0.05, 0) is 19.4 Å². The largest absolute Gasteiger partial charge is 0.337 e. The summed E-state index contributed by atoms with van der Waals surface area (Å²) in [5, 5.41) is 15.2. The number of hydrogen-bond acceptors (Lipinski definition) is 5. The van der Waals surface area contributed by atoms with Crippen molar-refractivity contribution in [3.8, 4) is 11.5 Å². The van der Waals surface area contributed by atoms with Crippen molar-refractivity contribution in [1.29, 1.82) is 0 Å². The van der Waals surface area contributed by atoms with Crippen LogP contribution in [0.25, 0.3) is 11.5 Å². The molecule has 1 fully saturated rings. The first kappa shape index (κ1) is 13.1. The maximum Gasteiger partial charge on any atom is 0.245 e. The van der Waals surface area contributed by atoms with E-state index in [1.165, 1.54) is 0 Å². The van der Waals surface area contributed by atoms with E-state index in [1.54, 1.807) is 0 Å². The molecule has 1 aliphatic rings. The molecule has 1 aliphatic heterocycles. The average molecular weight is 275 g/mol. The van der Waals surface area contributed by atoms with E-state index in [2.05, 4.69) is 50.4 Å². The van der Waals surface area contributed by atoms with Gasteiger partial charge in [0, 0.05) is 32.7 Å². The predicted octanol–water partition coefficient (Wildman–Crippen LogP) is 0.566. The molecule has 0 saturated carbocycles. The second-order valence-corrected chi connectivity index (χ2v) is 5.28. The van der Waals surface area contributed by atoms with E-state index in [-0.39, 0.29) is 0 Å². The van der Waals surface area contributed by atoms with Crippen molar-refractivity contribution in [2.24, 2.45) is 7.05 Å². The Morgan fingerprint density at radius 2 is 2.30 bits per heavy atom. The minimum atomic E-state index is 0.467. The molecular formula is C13H21N7. The van der Waals surface area contributed by atoms with Crippen LogP contribution < -0.4 is 10.2 Å². The maximum absolute atomic E-state index is 4.62. The summed E-state index contributed by atoms with van der Waals surface area (Å²) in [6, 6.07) is 2.53. The van der Waals surface area contributed by atoms with Crippen LogP contribution >= 0.6 is 0 Å². The molecule has 108 valence electrons. The highest BCUT2D eigenvalue weighted by molar-refractivity contribution is 5.52. The Hall–Kier alpha value is -1.89. The molecule has 0 spiro atoms. The molecule has 0 aromatic carbocycles. The Morgan fingerprint density at radius 3 is 3.00 bits per heavy atom. The number of piperazine rings is 1. The number of anilines is 1. The van der Waals surface area contributed by atoms with Gasteiger partial charge in [0.2, 0.25) is 5.95 Å². The Balaban J connectivity index is 1.84. The van der Waals surface area contributed by atoms with Gasteiger partial charge >= 0.3 is 0 Å². The normalized spacial score (nSPS) is 19.6. The number of H-pyrrole nitrogens is 1. The highest BCUT2D eigenvalue weighted by atomic mass is 15.4. The summed E-state index contributed by atoms with van der Waals surface area (Å²) in [4.78, 5) is 6.82. The highest BCUT2D eigenvalue weighted by Crippen LogP contribution is 2.19. The van der Waals surface area contributed by atoms with Crippen LogP contribution in [0.1, 0.15) is 19.5 Å². The number of rotatable bonds is 3. The smallest absolute Gasteiger partial charge is 0.245 e. The van der Waals surface area contributed by atoms with Crippen molar-refractivity contribution >= 4 is 5.95 Å². The van der Waals surface area contributed by atoms with Gasteiger partial charge in [0.15, 0.2) is 5.82 Å². The molecule has 0 bridgehead atoms. The molecular weight excluding hydrogens is 254 g/mol. The van der Waals surface area contributed by atoms with Crippen LogP contribution in [0.15, 0.2) is 6.07 Å². The molecule has 1 atom stereocenters. The summed E-state index contributed by atoms with van der Waals surface area (Å²) >= 11 is 0. The lowest BCUT2D eigenvalue weighted by Gasteiger charge is -2.30. The molecule has 3 heterocycles. The van der Waals surface area contributed by atoms with Crippen molar-refractivity contribution in [1.82, 2.24) is 30.3 Å². The number of hydrogen-bond donors (Lipinski definition) is 2. The summed E-state index contributed by atoms with van der Waals surface area (Å²) in [5.74, 6) is 1.55. The summed E-state index contributed by atoms with van der Waals surface area (Å²) in [5.41, 5.74) is 2.04. The molecule has 2 N–H and O–H groups in total. The lowest BCUT2D eigenvalue weighted by molar-refractivity contribution is 0.480. The molecule has 0 radical (unpaired) electrons. The van der Waals surface area contributed by atoms with E-state index < -0.39 is 0 Å². The molecule has 0 unspecified atom stereocenters. The molecule has 3 rings (SSSR count). The van der Waals surface area contributed by atoms with Gasteiger partial charge < -0.3 is 10.2 Å². The molecule has 20 heavy (non-hydrogen) atoms. The van der Waals surface area contributed by atoms with Gasteiger partial charge in [-0.15, -0.1) is 5.10 Å². The molecule has 1 saturated heterocycles. The number of aromatic amines is 1. The average Bonchev–Trinajstić information content (AvgIpc) is 3.05. The van der Waals surface area contributed by atoms with Gasteiger partial charge in [-0.2, -0.15) is 10.1 Å². The fourth-order valence-electron chi connectivity index (χ4n) is 2.54. The fourth-order valence-corrected chi connectivity index (χ4v) is 2.54. The molecule has 2 aromatic heterocycles. The summed E-state index contributed by atoms with van der Waals surface area (Å²) in [7, 11) is 1.93. The van der Waals surface area contributed by atoms with E-state index >= 15 is 0 Å². The van der Waals surface area contributed by atoms with Crippen LogP contribution in [-0.2, 0) is 13.5 Å². The zero-order chi connectivity index (χ0) is 14.1. The minimum absolute atomic E-state index is 0.467. The number of nitrogens with zero attached hydrogens (tertiary/aromatic N) is 5. The van der Waals surface area contributed by atoms with E-state index in [9.17, 15) is 0 Å². The van der Waals surface area contributed by atoms with E-state index in [0.29, 0.717) is 6.04 Å². The Bertz CT molecular complexity index is 585. The first-order valence-electron chi connectivity index (χ1n) is 7.11. The Kier molecular flexibility index (Phi) is 3.43. The van der Waals surface area contributed by atoms with Crippen LogP contribution in [0.2, 0.25) is 0 Å². The second kappa shape index (κ2) is 5.24. The summed E-state index contributed by atoms with van der Waals surface area (Å²) < 4.78 is 1.85. The van der Waals surface area contributed by atoms with Crippen molar-refractivity contribution in [2.75, 3.05) is 24.5 Å². The van der Waals surface area contributed by atoms with E-state index in [0.717, 1.165) is 49.2 Å². The fraction of sp³-hybridized carbons (Fsp3) is 0.615. The summed E-state index contributed by atoms with van der Waals surface area (Å²) in [6.07, 6.45) is 0.921. The quantitative estimate of drug-likeness (QED) is 0.856. The first-order valence-corrected chi connectivity index (χ1v) is 7.11. The monoisotopic (exact) mass is 275 g/mol. The molecule has 7 heteroatoms. The van der Waals surface area contributed by atoms with Gasteiger partial charge in [-0.25, -0.2) is 0 Å². The maximum atomic E-state index is 4.62. The van der Waals surface area contributed by atoms with Crippen LogP contribution in [0, 0.1) is 0 Å². The standard InChI is InChI=1S/C13H21N7/c1-4-10-7-11(19(3)18-10)12-15-13(17-16-12)20-6-5-14-9(2)8-20/h7,9,14H,4-6,8H2,1-3H3,(H,15,16,17)/t9-/m1/s1. The third kappa shape index (κ3) is 2.40. The van der Waals surface area contributed by atoms with Gasteiger partial charge in [0.25, 0.3) is 0 Å². The lowest BCUT2D eigenvalue weighted by Crippen LogP contribution is -2.49. The molecule has 7 nitrogen and oxygen atoms in total. The van der Waals surface area contributed by atoms with E-state index in [1.807, 2.05) is 11.7 Å². The predicted molar refractivity (Wildman–Crippen MR) is 77.6 cm³/mol. The Labute approximate surface area is 118 Å².